The first-order valence-electron chi connectivity index (χ1n) is 15.7. The van der Waals surface area contributed by atoms with E-state index in [1.54, 1.807) is 27.7 Å². The van der Waals surface area contributed by atoms with Crippen molar-refractivity contribution in [3.8, 4) is 22.3 Å². The molecule has 2 aliphatic rings. The summed E-state index contributed by atoms with van der Waals surface area (Å²) in [4.78, 5) is 0. The molecule has 0 heterocycles. The molecule has 6 heteroatoms. The molecule has 4 nitrogen and oxygen atoms in total. The van der Waals surface area contributed by atoms with Gasteiger partial charge in [-0.1, -0.05) is 84.9 Å². The minimum Gasteiger partial charge on any atom is -0.427 e. The standard InChI is InChI=1S/C38H44B2O4/c1-34(2,41)36(5,6)43-39-30-21-13-19-28-32(30)25-16-10-9-15-24(25)23-38(28)27-18-12-11-17-26(27)33-29(38)20-14-22-31(33)40-44-37(7,8)35(3,4)42/h9-22,39-42H,23H2,1-8H3. The van der Waals surface area contributed by atoms with E-state index in [1.165, 1.54) is 44.5 Å². The van der Waals surface area contributed by atoms with Gasteiger partial charge in [0.1, 0.15) is 0 Å². The predicted octanol–water partition coefficient (Wildman–Crippen LogP) is 5.31. The number of hydrogen-bond acceptors (Lipinski definition) is 4. The number of hydrogen-bond donors (Lipinski definition) is 2. The number of rotatable bonds is 8. The molecule has 0 saturated carbocycles. The van der Waals surface area contributed by atoms with Crippen LogP contribution in [0.3, 0.4) is 0 Å². The topological polar surface area (TPSA) is 58.9 Å². The maximum absolute atomic E-state index is 10.8. The van der Waals surface area contributed by atoms with Crippen LogP contribution in [0, 0.1) is 0 Å². The second-order valence-electron chi connectivity index (χ2n) is 14.7. The fraction of sp³-hybridized carbons (Fsp3) is 0.368. The summed E-state index contributed by atoms with van der Waals surface area (Å²) < 4.78 is 12.9. The Kier molecular flexibility index (Phi) is 7.33. The van der Waals surface area contributed by atoms with E-state index in [1.807, 2.05) is 27.7 Å². The molecule has 0 amide bonds. The Hall–Kier alpha value is -3.15. The molecular formula is C38H44B2O4. The van der Waals surface area contributed by atoms with Crippen molar-refractivity contribution in [3.63, 3.8) is 0 Å². The van der Waals surface area contributed by atoms with Crippen LogP contribution in [0.4, 0.5) is 0 Å². The molecule has 4 aromatic rings. The lowest BCUT2D eigenvalue weighted by atomic mass is 9.60. The van der Waals surface area contributed by atoms with Gasteiger partial charge in [-0.05, 0) is 117 Å². The normalized spacial score (nSPS) is 17.5. The van der Waals surface area contributed by atoms with Crippen LogP contribution in [0.25, 0.3) is 22.3 Å². The smallest absolute Gasteiger partial charge is 0.310 e. The van der Waals surface area contributed by atoms with E-state index in [9.17, 15) is 10.2 Å². The van der Waals surface area contributed by atoms with Gasteiger partial charge in [0.05, 0.1) is 27.8 Å². The van der Waals surface area contributed by atoms with E-state index in [4.69, 9.17) is 9.31 Å². The molecule has 6 rings (SSSR count). The molecule has 1 spiro atoms. The van der Waals surface area contributed by atoms with Crippen LogP contribution in [0.1, 0.15) is 77.6 Å². The molecule has 0 bridgehead atoms. The van der Waals surface area contributed by atoms with Crippen LogP contribution < -0.4 is 10.9 Å². The Morgan fingerprint density at radius 1 is 0.545 bits per heavy atom. The van der Waals surface area contributed by atoms with Crippen molar-refractivity contribution in [2.45, 2.75) is 89.6 Å². The maximum atomic E-state index is 10.8. The SMILES string of the molecule is CC(C)(O)C(C)(C)OBc1cccc2c1-c1ccccc1CC21c2ccccc2-c2c(BOC(C)(C)C(C)(C)O)cccc21. The molecule has 0 saturated heterocycles. The molecule has 0 fully saturated rings. The lowest BCUT2D eigenvalue weighted by Crippen LogP contribution is -2.49. The zero-order valence-corrected chi connectivity index (χ0v) is 27.4. The summed E-state index contributed by atoms with van der Waals surface area (Å²) in [5.74, 6) is 0. The fourth-order valence-electron chi connectivity index (χ4n) is 6.66. The van der Waals surface area contributed by atoms with E-state index >= 15 is 0 Å². The van der Waals surface area contributed by atoms with E-state index < -0.39 is 22.4 Å². The van der Waals surface area contributed by atoms with Gasteiger partial charge in [-0.25, -0.2) is 0 Å². The van der Waals surface area contributed by atoms with Crippen LogP contribution in [-0.4, -0.2) is 47.6 Å². The van der Waals surface area contributed by atoms with Crippen molar-refractivity contribution in [3.05, 3.63) is 107 Å². The van der Waals surface area contributed by atoms with Crippen LogP contribution >= 0.6 is 0 Å². The molecule has 0 aliphatic heterocycles. The first-order valence-corrected chi connectivity index (χ1v) is 15.7. The van der Waals surface area contributed by atoms with Crippen molar-refractivity contribution >= 4 is 25.9 Å². The third-order valence-electron chi connectivity index (χ3n) is 10.7. The summed E-state index contributed by atoms with van der Waals surface area (Å²) in [7, 11) is 0.785. The maximum Gasteiger partial charge on any atom is 0.310 e. The summed E-state index contributed by atoms with van der Waals surface area (Å²) in [5, 5.41) is 21.6. The molecular weight excluding hydrogens is 542 g/mol. The van der Waals surface area contributed by atoms with Crippen molar-refractivity contribution in [2.75, 3.05) is 0 Å². The Balaban J connectivity index is 1.55. The van der Waals surface area contributed by atoms with Gasteiger partial charge >= 0.3 is 15.0 Å². The van der Waals surface area contributed by atoms with E-state index in [-0.39, 0.29) is 5.41 Å². The van der Waals surface area contributed by atoms with Gasteiger partial charge in [0.2, 0.25) is 0 Å². The van der Waals surface area contributed by atoms with Gasteiger partial charge in [0, 0.05) is 0 Å². The molecule has 226 valence electrons. The molecule has 2 N–H and O–H groups in total. The third-order valence-corrected chi connectivity index (χ3v) is 10.7. The van der Waals surface area contributed by atoms with Crippen molar-refractivity contribution in [2.24, 2.45) is 0 Å². The van der Waals surface area contributed by atoms with Gasteiger partial charge in [0.15, 0.2) is 0 Å². The predicted molar refractivity (Wildman–Crippen MR) is 184 cm³/mol. The van der Waals surface area contributed by atoms with Crippen molar-refractivity contribution in [1.29, 1.82) is 0 Å². The molecule has 1 atom stereocenters. The lowest BCUT2D eigenvalue weighted by Gasteiger charge is -2.41. The summed E-state index contributed by atoms with van der Waals surface area (Å²) >= 11 is 0. The van der Waals surface area contributed by atoms with Crippen LogP contribution in [0.15, 0.2) is 84.9 Å². The Morgan fingerprint density at radius 2 is 0.977 bits per heavy atom. The summed E-state index contributed by atoms with van der Waals surface area (Å²) in [6.45, 7) is 15.0. The average Bonchev–Trinajstić information content (AvgIpc) is 3.24. The van der Waals surface area contributed by atoms with E-state index in [0.29, 0.717) is 15.0 Å². The van der Waals surface area contributed by atoms with Gasteiger partial charge in [-0.3, -0.25) is 0 Å². The third kappa shape index (κ3) is 4.78. The fourth-order valence-corrected chi connectivity index (χ4v) is 6.66. The van der Waals surface area contributed by atoms with Gasteiger partial charge in [0.25, 0.3) is 0 Å². The largest absolute Gasteiger partial charge is 0.427 e. The highest BCUT2D eigenvalue weighted by molar-refractivity contribution is 6.50. The summed E-state index contributed by atoms with van der Waals surface area (Å²) in [5.41, 5.74) is 8.48. The van der Waals surface area contributed by atoms with Gasteiger partial charge in [-0.15, -0.1) is 0 Å². The summed E-state index contributed by atoms with van der Waals surface area (Å²) in [6.07, 6.45) is 0.846. The van der Waals surface area contributed by atoms with E-state index in [2.05, 4.69) is 84.9 Å². The Bertz CT molecular complexity index is 1730. The first-order chi connectivity index (χ1) is 20.6. The van der Waals surface area contributed by atoms with Crippen LogP contribution in [0.5, 0.6) is 0 Å². The van der Waals surface area contributed by atoms with Crippen molar-refractivity contribution in [1.82, 2.24) is 0 Å². The Morgan fingerprint density at radius 3 is 1.50 bits per heavy atom. The molecule has 0 radical (unpaired) electrons. The quantitative estimate of drug-likeness (QED) is 0.275. The second-order valence-corrected chi connectivity index (χ2v) is 14.7. The monoisotopic (exact) mass is 586 g/mol. The number of fused-ring (bicyclic) bond motifs is 9. The first kappa shape index (κ1) is 30.9. The highest BCUT2D eigenvalue weighted by Gasteiger charge is 2.49. The zero-order chi connectivity index (χ0) is 31.7. The molecule has 0 aromatic heterocycles. The number of benzene rings is 4. The van der Waals surface area contributed by atoms with Crippen molar-refractivity contribution < 1.29 is 19.5 Å². The Labute approximate surface area is 264 Å². The summed E-state index contributed by atoms with van der Waals surface area (Å²) in [6, 6.07) is 30.8. The van der Waals surface area contributed by atoms with Gasteiger partial charge < -0.3 is 19.5 Å². The highest BCUT2D eigenvalue weighted by Crippen LogP contribution is 2.57. The minimum absolute atomic E-state index is 0.388. The molecule has 2 aliphatic carbocycles. The van der Waals surface area contributed by atoms with Crippen LogP contribution in [-0.2, 0) is 21.1 Å². The highest BCUT2D eigenvalue weighted by atomic mass is 16.5. The molecule has 44 heavy (non-hydrogen) atoms. The van der Waals surface area contributed by atoms with Gasteiger partial charge in [-0.2, -0.15) is 0 Å². The average molecular weight is 586 g/mol. The number of aliphatic hydroxyl groups is 2. The molecule has 1 unspecified atom stereocenters. The second kappa shape index (κ2) is 10.5. The minimum atomic E-state index is -0.997. The molecule has 4 aromatic carbocycles. The zero-order valence-electron chi connectivity index (χ0n) is 27.4. The van der Waals surface area contributed by atoms with Crippen LogP contribution in [0.2, 0.25) is 0 Å². The lowest BCUT2D eigenvalue weighted by molar-refractivity contribution is -0.0893. The van der Waals surface area contributed by atoms with E-state index in [0.717, 1.165) is 17.3 Å².